The zero-order valence-corrected chi connectivity index (χ0v) is 17.3. The van der Waals surface area contributed by atoms with E-state index in [1.807, 2.05) is 0 Å². The number of hydrogen-bond acceptors (Lipinski definition) is 5. The second-order valence-electron chi connectivity index (χ2n) is 7.59. The lowest BCUT2D eigenvalue weighted by Gasteiger charge is -2.28. The van der Waals surface area contributed by atoms with Gasteiger partial charge in [0.25, 0.3) is 0 Å². The van der Waals surface area contributed by atoms with Gasteiger partial charge in [0.05, 0.1) is 43.1 Å². The number of alkyl halides is 6. The van der Waals surface area contributed by atoms with Crippen molar-refractivity contribution < 1.29 is 40.7 Å². The molecule has 2 heterocycles. The van der Waals surface area contributed by atoms with E-state index in [2.05, 4.69) is 10.3 Å². The molecular formula is C21H19F6N3O3. The summed E-state index contributed by atoms with van der Waals surface area (Å²) in [6.45, 7) is -0.0277. The van der Waals surface area contributed by atoms with Crippen molar-refractivity contribution in [2.45, 2.75) is 30.7 Å². The van der Waals surface area contributed by atoms with Crippen LogP contribution < -0.4 is 10.2 Å². The number of benzene rings is 1. The number of esters is 1. The first-order valence-electron chi connectivity index (χ1n) is 9.67. The van der Waals surface area contributed by atoms with Crippen LogP contribution in [0.4, 0.5) is 32.0 Å². The summed E-state index contributed by atoms with van der Waals surface area (Å²) in [6, 6.07) is 4.89. The van der Waals surface area contributed by atoms with Crippen LogP contribution in [0.2, 0.25) is 0 Å². The summed E-state index contributed by atoms with van der Waals surface area (Å²) in [7, 11) is 1.11. The van der Waals surface area contributed by atoms with Crippen molar-refractivity contribution in [2.24, 2.45) is 0 Å². The fraction of sp³-hybridized carbons (Fsp3) is 0.381. The number of carbonyl (C=O) groups is 2. The van der Waals surface area contributed by atoms with Gasteiger partial charge in [-0.25, -0.2) is 4.79 Å². The highest BCUT2D eigenvalue weighted by Gasteiger charge is 2.47. The summed E-state index contributed by atoms with van der Waals surface area (Å²) in [4.78, 5) is 30.2. The largest absolute Gasteiger partial charge is 0.467 e. The molecule has 1 aliphatic rings. The van der Waals surface area contributed by atoms with Gasteiger partial charge in [-0.3, -0.25) is 9.78 Å². The van der Waals surface area contributed by atoms with Crippen LogP contribution in [0.1, 0.15) is 23.1 Å². The fourth-order valence-corrected chi connectivity index (χ4v) is 3.61. The predicted octanol–water partition coefficient (Wildman–Crippen LogP) is 3.60. The number of nitrogens with one attached hydrogen (secondary N) is 1. The maximum absolute atomic E-state index is 13.0. The number of anilines is 1. The molecule has 1 atom stereocenters. The average molecular weight is 475 g/mol. The lowest BCUT2D eigenvalue weighted by atomic mass is 9.97. The molecule has 1 saturated heterocycles. The van der Waals surface area contributed by atoms with Crippen LogP contribution in [-0.2, 0) is 33.1 Å². The monoisotopic (exact) mass is 475 g/mol. The molecule has 2 aromatic rings. The number of methoxy groups -OCH3 is 1. The second-order valence-corrected chi connectivity index (χ2v) is 7.59. The smallest absolute Gasteiger partial charge is 0.417 e. The van der Waals surface area contributed by atoms with Gasteiger partial charge in [0, 0.05) is 19.2 Å². The Kier molecular flexibility index (Phi) is 6.57. The molecule has 178 valence electrons. The van der Waals surface area contributed by atoms with Crippen LogP contribution in [0.15, 0.2) is 42.7 Å². The molecule has 1 fully saturated rings. The number of aromatic nitrogens is 1. The molecule has 12 heteroatoms. The maximum Gasteiger partial charge on any atom is 0.417 e. The van der Waals surface area contributed by atoms with Crippen molar-refractivity contribution in [3.8, 4) is 0 Å². The first-order valence-corrected chi connectivity index (χ1v) is 9.67. The van der Waals surface area contributed by atoms with Crippen molar-refractivity contribution in [1.29, 1.82) is 0 Å². The minimum absolute atomic E-state index is 0.0503. The van der Waals surface area contributed by atoms with E-state index in [0.29, 0.717) is 6.20 Å². The third-order valence-electron chi connectivity index (χ3n) is 5.29. The Hall–Kier alpha value is -3.31. The Bertz CT molecular complexity index is 1020. The van der Waals surface area contributed by atoms with Crippen molar-refractivity contribution in [2.75, 3.05) is 25.1 Å². The van der Waals surface area contributed by atoms with E-state index in [-0.39, 0.29) is 37.2 Å². The molecule has 0 spiro atoms. The zero-order chi connectivity index (χ0) is 24.4. The van der Waals surface area contributed by atoms with Crippen LogP contribution in [0.5, 0.6) is 0 Å². The minimum atomic E-state index is -4.60. The van der Waals surface area contributed by atoms with E-state index < -0.39 is 40.9 Å². The summed E-state index contributed by atoms with van der Waals surface area (Å²) in [5, 5.41) is 2.56. The van der Waals surface area contributed by atoms with Gasteiger partial charge in [0.1, 0.15) is 0 Å². The molecule has 0 unspecified atom stereocenters. The Morgan fingerprint density at radius 3 is 2.27 bits per heavy atom. The number of nitrogens with zero attached hydrogens (tertiary/aromatic N) is 2. The third-order valence-corrected chi connectivity index (χ3v) is 5.29. The summed E-state index contributed by atoms with van der Waals surface area (Å²) >= 11 is 0. The topological polar surface area (TPSA) is 71.5 Å². The van der Waals surface area contributed by atoms with Gasteiger partial charge in [-0.1, -0.05) is 12.1 Å². The predicted molar refractivity (Wildman–Crippen MR) is 104 cm³/mol. The van der Waals surface area contributed by atoms with Gasteiger partial charge in [0.2, 0.25) is 5.91 Å². The highest BCUT2D eigenvalue weighted by Crippen LogP contribution is 2.34. The number of ether oxygens (including phenoxy) is 1. The van der Waals surface area contributed by atoms with Gasteiger partial charge in [0.15, 0.2) is 5.54 Å². The van der Waals surface area contributed by atoms with Gasteiger partial charge in [-0.15, -0.1) is 0 Å². The van der Waals surface area contributed by atoms with Gasteiger partial charge in [-0.2, -0.15) is 26.3 Å². The second kappa shape index (κ2) is 8.91. The molecule has 0 aliphatic carbocycles. The molecule has 1 amide bonds. The van der Waals surface area contributed by atoms with E-state index in [4.69, 9.17) is 4.74 Å². The molecule has 0 radical (unpaired) electrons. The molecule has 0 saturated carbocycles. The average Bonchev–Trinajstić information content (AvgIpc) is 3.17. The third kappa shape index (κ3) is 5.55. The Labute approximate surface area is 184 Å². The SMILES string of the molecule is COC(=O)[C@@]1(NC(=O)Cc2ccc(C(F)(F)F)cc2)CCN(c2cncc(C(F)(F)F)c2)C1. The number of rotatable bonds is 5. The summed E-state index contributed by atoms with van der Waals surface area (Å²) < 4.78 is 81.9. The van der Waals surface area contributed by atoms with Crippen molar-refractivity contribution in [3.05, 3.63) is 59.4 Å². The Balaban J connectivity index is 1.75. The van der Waals surface area contributed by atoms with Crippen LogP contribution in [0, 0.1) is 0 Å². The van der Waals surface area contributed by atoms with Crippen LogP contribution in [0.25, 0.3) is 0 Å². The summed E-state index contributed by atoms with van der Waals surface area (Å²) in [6.07, 6.45) is -7.47. The molecule has 1 aromatic carbocycles. The van der Waals surface area contributed by atoms with Crippen LogP contribution in [0.3, 0.4) is 0 Å². The Morgan fingerprint density at radius 2 is 1.70 bits per heavy atom. The van der Waals surface area contributed by atoms with Crippen LogP contribution >= 0.6 is 0 Å². The number of halogens is 6. The Morgan fingerprint density at radius 1 is 1.06 bits per heavy atom. The van der Waals surface area contributed by atoms with E-state index >= 15 is 0 Å². The van der Waals surface area contributed by atoms with Gasteiger partial charge >= 0.3 is 18.3 Å². The molecule has 1 aliphatic heterocycles. The molecule has 33 heavy (non-hydrogen) atoms. The van der Waals surface area contributed by atoms with E-state index in [0.717, 1.165) is 37.4 Å². The first kappa shape index (κ1) is 24.3. The van der Waals surface area contributed by atoms with Crippen molar-refractivity contribution >= 4 is 17.6 Å². The van der Waals surface area contributed by atoms with Crippen LogP contribution in [-0.4, -0.2) is 42.6 Å². The fourth-order valence-electron chi connectivity index (χ4n) is 3.61. The number of amides is 1. The normalized spacial score (nSPS) is 18.8. The van der Waals surface area contributed by atoms with Gasteiger partial charge < -0.3 is 15.0 Å². The number of carbonyl (C=O) groups excluding carboxylic acids is 2. The van der Waals surface area contributed by atoms with E-state index in [9.17, 15) is 35.9 Å². The van der Waals surface area contributed by atoms with E-state index in [1.165, 1.54) is 11.1 Å². The highest BCUT2D eigenvalue weighted by molar-refractivity contribution is 5.90. The molecule has 6 nitrogen and oxygen atoms in total. The lowest BCUT2D eigenvalue weighted by Crippen LogP contribution is -2.57. The van der Waals surface area contributed by atoms with E-state index in [1.54, 1.807) is 0 Å². The minimum Gasteiger partial charge on any atom is -0.467 e. The number of hydrogen-bond donors (Lipinski definition) is 1. The highest BCUT2D eigenvalue weighted by atomic mass is 19.4. The van der Waals surface area contributed by atoms with Gasteiger partial charge in [-0.05, 0) is 23.8 Å². The van der Waals surface area contributed by atoms with Crippen molar-refractivity contribution in [1.82, 2.24) is 10.3 Å². The zero-order valence-electron chi connectivity index (χ0n) is 17.3. The number of pyridine rings is 1. The summed E-state index contributed by atoms with van der Waals surface area (Å²) in [5.74, 6) is -1.44. The van der Waals surface area contributed by atoms with Crippen molar-refractivity contribution in [3.63, 3.8) is 0 Å². The molecule has 1 N–H and O–H groups in total. The quantitative estimate of drug-likeness (QED) is 0.529. The molecule has 3 rings (SSSR count). The molecule has 1 aromatic heterocycles. The molecule has 0 bridgehead atoms. The maximum atomic E-state index is 13.0. The molecular weight excluding hydrogens is 456 g/mol. The standard InChI is InChI=1S/C21H19F6N3O3/c1-33-18(32)19(29-17(31)8-13-2-4-14(5-3-13)20(22,23)24)6-7-30(12-19)16-9-15(10-28-11-16)21(25,26)27/h2-5,9-11H,6-8,12H2,1H3,(H,29,31)/t19-/m1/s1. The first-order chi connectivity index (χ1) is 15.3. The summed E-state index contributed by atoms with van der Waals surface area (Å²) in [5.41, 5.74) is -2.95. The lowest BCUT2D eigenvalue weighted by molar-refractivity contribution is -0.150.